The normalized spacial score (nSPS) is 11.1. The number of anilines is 3. The van der Waals surface area contributed by atoms with Crippen molar-refractivity contribution < 1.29 is 4.79 Å². The van der Waals surface area contributed by atoms with Gasteiger partial charge >= 0.3 is 0 Å². The number of nitrogens with zero attached hydrogens (tertiary/aromatic N) is 3. The van der Waals surface area contributed by atoms with Gasteiger partial charge in [0.1, 0.15) is 0 Å². The molecule has 1 aromatic heterocycles. The van der Waals surface area contributed by atoms with Crippen molar-refractivity contribution in [2.24, 2.45) is 0 Å². The highest BCUT2D eigenvalue weighted by Crippen LogP contribution is 2.24. The highest BCUT2D eigenvalue weighted by molar-refractivity contribution is 6.03. The van der Waals surface area contributed by atoms with Crippen LogP contribution in [0, 0.1) is 0 Å². The molecule has 0 unspecified atom stereocenters. The highest BCUT2D eigenvalue weighted by atomic mass is 16.1. The molecule has 3 aromatic rings. The quantitative estimate of drug-likeness (QED) is 0.668. The molecule has 0 saturated heterocycles. The molecule has 0 radical (unpaired) electrons. The fourth-order valence-electron chi connectivity index (χ4n) is 2.88. The molecule has 1 amide bonds. The van der Waals surface area contributed by atoms with Crippen LogP contribution in [0.2, 0.25) is 0 Å². The molecule has 144 valence electrons. The number of carbonyl (C=O) groups excluding carboxylic acids is 1. The molecule has 0 spiro atoms. The summed E-state index contributed by atoms with van der Waals surface area (Å²) in [6, 6.07) is 17.9. The lowest BCUT2D eigenvalue weighted by Crippen LogP contribution is -2.20. The lowest BCUT2D eigenvalue weighted by Gasteiger charge is -2.20. The summed E-state index contributed by atoms with van der Waals surface area (Å²) >= 11 is 0. The van der Waals surface area contributed by atoms with E-state index in [0.29, 0.717) is 11.5 Å². The zero-order chi connectivity index (χ0) is 20.1. The van der Waals surface area contributed by atoms with Gasteiger partial charge in [-0.2, -0.15) is 0 Å². The number of hydrogen-bond acceptors (Lipinski definition) is 4. The van der Waals surface area contributed by atoms with Crippen LogP contribution >= 0.6 is 0 Å². The van der Waals surface area contributed by atoms with Crippen LogP contribution in [0.25, 0.3) is 0 Å². The van der Waals surface area contributed by atoms with Gasteiger partial charge in [0.2, 0.25) is 5.95 Å². The molecule has 0 saturated carbocycles. The van der Waals surface area contributed by atoms with Gasteiger partial charge in [-0.3, -0.25) is 4.79 Å². The van der Waals surface area contributed by atoms with Gasteiger partial charge in [-0.1, -0.05) is 51.1 Å². The van der Waals surface area contributed by atoms with E-state index in [4.69, 9.17) is 0 Å². The van der Waals surface area contributed by atoms with Crippen molar-refractivity contribution in [2.75, 3.05) is 16.8 Å². The zero-order valence-corrected chi connectivity index (χ0v) is 16.8. The second-order valence-corrected chi connectivity index (χ2v) is 7.63. The van der Waals surface area contributed by atoms with Crippen LogP contribution in [-0.2, 0) is 5.41 Å². The molecule has 0 aliphatic carbocycles. The standard InChI is InChI=1S/C23H26N4O/c1-5-27(20-9-7-6-8-10-20)22-24-15-17(16-25-22)21(28)26-19-13-11-18(12-14-19)23(2,3)4/h6-16H,5H2,1-4H3,(H,26,28). The van der Waals surface area contributed by atoms with E-state index in [1.165, 1.54) is 5.56 Å². The van der Waals surface area contributed by atoms with Gasteiger partial charge in [0.25, 0.3) is 5.91 Å². The van der Waals surface area contributed by atoms with Crippen molar-refractivity contribution in [3.05, 3.63) is 78.1 Å². The second-order valence-electron chi connectivity index (χ2n) is 7.63. The SMILES string of the molecule is CCN(c1ccccc1)c1ncc(C(=O)Nc2ccc(C(C)(C)C)cc2)cn1. The van der Waals surface area contributed by atoms with Gasteiger partial charge in [-0.25, -0.2) is 9.97 Å². The minimum Gasteiger partial charge on any atom is -0.322 e. The molecule has 5 heteroatoms. The molecule has 3 rings (SSSR count). The summed E-state index contributed by atoms with van der Waals surface area (Å²) in [6.45, 7) is 9.26. The third kappa shape index (κ3) is 4.55. The van der Waals surface area contributed by atoms with Crippen LogP contribution in [0.3, 0.4) is 0 Å². The Labute approximate surface area is 166 Å². The van der Waals surface area contributed by atoms with E-state index in [0.717, 1.165) is 17.9 Å². The maximum atomic E-state index is 12.5. The molecule has 0 atom stereocenters. The summed E-state index contributed by atoms with van der Waals surface area (Å²) in [4.78, 5) is 23.3. The van der Waals surface area contributed by atoms with Crippen LogP contribution in [0.15, 0.2) is 67.0 Å². The van der Waals surface area contributed by atoms with Crippen LogP contribution in [0.5, 0.6) is 0 Å². The summed E-state index contributed by atoms with van der Waals surface area (Å²) in [5.74, 6) is 0.345. The maximum Gasteiger partial charge on any atom is 0.258 e. The van der Waals surface area contributed by atoms with Crippen LogP contribution < -0.4 is 10.2 Å². The predicted molar refractivity (Wildman–Crippen MR) is 114 cm³/mol. The van der Waals surface area contributed by atoms with E-state index >= 15 is 0 Å². The third-order valence-electron chi connectivity index (χ3n) is 4.53. The Kier molecular flexibility index (Phi) is 5.73. The first-order valence-electron chi connectivity index (χ1n) is 9.45. The Morgan fingerprint density at radius 2 is 1.57 bits per heavy atom. The van der Waals surface area contributed by atoms with Crippen LogP contribution in [-0.4, -0.2) is 22.4 Å². The van der Waals surface area contributed by atoms with Crippen molar-refractivity contribution in [1.82, 2.24) is 9.97 Å². The van der Waals surface area contributed by atoms with E-state index in [9.17, 15) is 4.79 Å². The number of hydrogen-bond donors (Lipinski definition) is 1. The number of rotatable bonds is 5. The molecular formula is C23H26N4O. The minimum atomic E-state index is -0.224. The first-order chi connectivity index (χ1) is 13.4. The van der Waals surface area contributed by atoms with Crippen molar-refractivity contribution in [2.45, 2.75) is 33.1 Å². The fraction of sp³-hybridized carbons (Fsp3) is 0.261. The van der Waals surface area contributed by atoms with Crippen LogP contribution in [0.1, 0.15) is 43.6 Å². The topological polar surface area (TPSA) is 58.1 Å². The van der Waals surface area contributed by atoms with Gasteiger partial charge in [0.15, 0.2) is 0 Å². The Morgan fingerprint density at radius 3 is 2.11 bits per heavy atom. The number of aromatic nitrogens is 2. The zero-order valence-electron chi connectivity index (χ0n) is 16.8. The molecular weight excluding hydrogens is 348 g/mol. The third-order valence-corrected chi connectivity index (χ3v) is 4.53. The molecule has 0 aliphatic heterocycles. The molecule has 0 aliphatic rings. The molecule has 5 nitrogen and oxygen atoms in total. The first-order valence-corrected chi connectivity index (χ1v) is 9.45. The van der Waals surface area contributed by atoms with Gasteiger partial charge in [-0.05, 0) is 42.2 Å². The van der Waals surface area contributed by atoms with Gasteiger partial charge in [0.05, 0.1) is 5.56 Å². The number of carbonyl (C=O) groups is 1. The smallest absolute Gasteiger partial charge is 0.258 e. The fourth-order valence-corrected chi connectivity index (χ4v) is 2.88. The van der Waals surface area contributed by atoms with E-state index < -0.39 is 0 Å². The number of amides is 1. The lowest BCUT2D eigenvalue weighted by atomic mass is 9.87. The number of para-hydroxylation sites is 1. The van der Waals surface area contributed by atoms with E-state index in [1.54, 1.807) is 12.4 Å². The molecule has 1 N–H and O–H groups in total. The Hall–Kier alpha value is -3.21. The van der Waals surface area contributed by atoms with E-state index in [2.05, 4.69) is 36.1 Å². The van der Waals surface area contributed by atoms with Crippen molar-refractivity contribution in [3.63, 3.8) is 0 Å². The van der Waals surface area contributed by atoms with Crippen molar-refractivity contribution >= 4 is 23.2 Å². The summed E-state index contributed by atoms with van der Waals surface area (Å²) in [5, 5.41) is 2.90. The van der Waals surface area contributed by atoms with Crippen molar-refractivity contribution in [1.29, 1.82) is 0 Å². The Bertz CT molecular complexity index is 914. The highest BCUT2D eigenvalue weighted by Gasteiger charge is 2.15. The van der Waals surface area contributed by atoms with Crippen LogP contribution in [0.4, 0.5) is 17.3 Å². The maximum absolute atomic E-state index is 12.5. The first kappa shape index (κ1) is 19.5. The summed E-state index contributed by atoms with van der Waals surface area (Å²) in [5.41, 5.74) is 3.49. The molecule has 0 fully saturated rings. The van der Waals surface area contributed by atoms with E-state index in [1.807, 2.05) is 66.4 Å². The summed E-state index contributed by atoms with van der Waals surface area (Å²) < 4.78 is 0. The van der Waals surface area contributed by atoms with Crippen molar-refractivity contribution in [3.8, 4) is 0 Å². The lowest BCUT2D eigenvalue weighted by molar-refractivity contribution is 0.102. The minimum absolute atomic E-state index is 0.0795. The second kappa shape index (κ2) is 8.21. The Balaban J connectivity index is 1.71. The van der Waals surface area contributed by atoms with Gasteiger partial charge < -0.3 is 10.2 Å². The summed E-state index contributed by atoms with van der Waals surface area (Å²) in [7, 11) is 0. The average molecular weight is 374 g/mol. The molecule has 0 bridgehead atoms. The van der Waals surface area contributed by atoms with Gasteiger partial charge in [-0.15, -0.1) is 0 Å². The molecule has 1 heterocycles. The average Bonchev–Trinajstić information content (AvgIpc) is 2.69. The Morgan fingerprint density at radius 1 is 0.964 bits per heavy atom. The predicted octanol–water partition coefficient (Wildman–Crippen LogP) is 5.18. The number of nitrogens with one attached hydrogen (secondary N) is 1. The molecule has 2 aromatic carbocycles. The molecule has 28 heavy (non-hydrogen) atoms. The monoisotopic (exact) mass is 374 g/mol. The number of benzene rings is 2. The summed E-state index contributed by atoms with van der Waals surface area (Å²) in [6.07, 6.45) is 3.12. The van der Waals surface area contributed by atoms with E-state index in [-0.39, 0.29) is 11.3 Å². The largest absolute Gasteiger partial charge is 0.322 e. The van der Waals surface area contributed by atoms with Gasteiger partial charge in [0, 0.05) is 30.3 Å².